The van der Waals surface area contributed by atoms with E-state index in [0.717, 1.165) is 5.56 Å². The lowest BCUT2D eigenvalue weighted by atomic mass is 9.95. The Morgan fingerprint density at radius 1 is 1.11 bits per heavy atom. The molecule has 1 fully saturated rings. The maximum Gasteiger partial charge on any atom is 0.305 e. The number of hydrogen-bond acceptors (Lipinski definition) is 6. The molecule has 2 aromatic carbocycles. The lowest BCUT2D eigenvalue weighted by Gasteiger charge is -2.44. The fourth-order valence-corrected chi connectivity index (χ4v) is 5.12. The van der Waals surface area contributed by atoms with Crippen LogP contribution in [0.5, 0.6) is 0 Å². The summed E-state index contributed by atoms with van der Waals surface area (Å²) >= 11 is 0. The van der Waals surface area contributed by atoms with E-state index in [9.17, 15) is 14.4 Å². The van der Waals surface area contributed by atoms with Gasteiger partial charge in [-0.15, -0.1) is 0 Å². The van der Waals surface area contributed by atoms with Crippen molar-refractivity contribution < 1.29 is 14.3 Å². The Morgan fingerprint density at radius 3 is 2.57 bits per heavy atom. The lowest BCUT2D eigenvalue weighted by Crippen LogP contribution is -2.53. The van der Waals surface area contributed by atoms with Crippen molar-refractivity contribution in [3.63, 3.8) is 0 Å². The number of nitrogens with zero attached hydrogens (tertiary/aromatic N) is 4. The minimum absolute atomic E-state index is 0.0460. The number of amides is 1. The van der Waals surface area contributed by atoms with E-state index < -0.39 is 11.2 Å². The Kier molecular flexibility index (Phi) is 5.75. The SMILES string of the molecule is CCOC(=O)CC[C@@]12CCC(=O)N1c1ccccc1-c1nc(=O)c(-c3ccc(C(C)C)cc3)nn12. The molecule has 2 aliphatic rings. The van der Waals surface area contributed by atoms with E-state index in [-0.39, 0.29) is 30.6 Å². The summed E-state index contributed by atoms with van der Waals surface area (Å²) in [6.07, 6.45) is 1.19. The Hall–Kier alpha value is -3.81. The first-order valence-corrected chi connectivity index (χ1v) is 12.1. The van der Waals surface area contributed by atoms with Crippen LogP contribution in [-0.2, 0) is 20.0 Å². The fraction of sp³-hybridized carbons (Fsp3) is 0.370. The molecule has 8 heteroatoms. The van der Waals surface area contributed by atoms with Gasteiger partial charge in [0, 0.05) is 36.8 Å². The molecular weight excluding hydrogens is 444 g/mol. The predicted octanol–water partition coefficient (Wildman–Crippen LogP) is 4.23. The highest BCUT2D eigenvalue weighted by Crippen LogP contribution is 2.49. The summed E-state index contributed by atoms with van der Waals surface area (Å²) in [7, 11) is 0. The zero-order valence-corrected chi connectivity index (χ0v) is 20.2. The molecule has 35 heavy (non-hydrogen) atoms. The average Bonchev–Trinajstić information content (AvgIpc) is 3.20. The summed E-state index contributed by atoms with van der Waals surface area (Å²) in [6, 6.07) is 15.1. The highest BCUT2D eigenvalue weighted by Gasteiger charge is 2.53. The van der Waals surface area contributed by atoms with Crippen molar-refractivity contribution >= 4 is 17.6 Å². The third kappa shape index (κ3) is 3.73. The molecule has 180 valence electrons. The second-order valence-corrected chi connectivity index (χ2v) is 9.31. The molecule has 0 bridgehead atoms. The van der Waals surface area contributed by atoms with Crippen LogP contribution in [0.2, 0.25) is 0 Å². The highest BCUT2D eigenvalue weighted by molar-refractivity contribution is 6.01. The maximum absolute atomic E-state index is 13.2. The Labute approximate surface area is 203 Å². The number of benzene rings is 2. The molecule has 1 amide bonds. The van der Waals surface area contributed by atoms with E-state index in [4.69, 9.17) is 9.84 Å². The maximum atomic E-state index is 13.2. The molecule has 3 heterocycles. The number of anilines is 1. The van der Waals surface area contributed by atoms with Crippen LogP contribution in [-0.4, -0.2) is 33.2 Å². The van der Waals surface area contributed by atoms with Crippen molar-refractivity contribution in [3.8, 4) is 22.6 Å². The van der Waals surface area contributed by atoms with Crippen molar-refractivity contribution in [1.82, 2.24) is 14.8 Å². The van der Waals surface area contributed by atoms with E-state index >= 15 is 0 Å². The Balaban J connectivity index is 1.70. The number of carbonyl (C=O) groups excluding carboxylic acids is 2. The molecule has 8 nitrogen and oxygen atoms in total. The summed E-state index contributed by atoms with van der Waals surface area (Å²) in [4.78, 5) is 44.9. The van der Waals surface area contributed by atoms with Crippen LogP contribution in [0, 0.1) is 0 Å². The number of aromatic nitrogens is 3. The second-order valence-electron chi connectivity index (χ2n) is 9.31. The molecule has 0 radical (unpaired) electrons. The molecule has 1 saturated heterocycles. The number of rotatable bonds is 6. The summed E-state index contributed by atoms with van der Waals surface area (Å²) in [5, 5.41) is 4.83. The summed E-state index contributed by atoms with van der Waals surface area (Å²) in [5.41, 5.74) is 2.02. The van der Waals surface area contributed by atoms with Crippen LogP contribution in [0.3, 0.4) is 0 Å². The van der Waals surface area contributed by atoms with Gasteiger partial charge in [0.2, 0.25) is 5.91 Å². The van der Waals surface area contributed by atoms with Crippen molar-refractivity contribution in [2.24, 2.45) is 0 Å². The molecule has 1 aromatic heterocycles. The van der Waals surface area contributed by atoms with Crippen LogP contribution in [0.4, 0.5) is 5.69 Å². The standard InChI is InChI=1S/C27H28N4O4/c1-4-35-23(33)14-16-27-15-13-22(32)30(27)21-8-6-5-7-20(21)25-28-26(34)24(29-31(25)27)19-11-9-18(10-12-19)17(2)3/h5-12,17H,4,13-16H2,1-3H3/t27-/m0/s1. The van der Waals surface area contributed by atoms with Gasteiger partial charge >= 0.3 is 5.97 Å². The van der Waals surface area contributed by atoms with Gasteiger partial charge in [-0.3, -0.25) is 19.3 Å². The molecular formula is C27H28N4O4. The lowest BCUT2D eigenvalue weighted by molar-refractivity contribution is -0.143. The van der Waals surface area contributed by atoms with Crippen molar-refractivity contribution in [3.05, 3.63) is 64.4 Å². The van der Waals surface area contributed by atoms with E-state index in [0.29, 0.717) is 47.8 Å². The van der Waals surface area contributed by atoms with Crippen molar-refractivity contribution in [2.75, 3.05) is 11.5 Å². The van der Waals surface area contributed by atoms with Crippen LogP contribution < -0.4 is 10.5 Å². The minimum atomic E-state index is -0.944. The summed E-state index contributed by atoms with van der Waals surface area (Å²) in [6.45, 7) is 6.27. The fourth-order valence-electron chi connectivity index (χ4n) is 5.12. The van der Waals surface area contributed by atoms with Crippen LogP contribution in [0.1, 0.15) is 57.9 Å². The van der Waals surface area contributed by atoms with Crippen molar-refractivity contribution in [2.45, 2.75) is 58.0 Å². The number of hydrogen-bond donors (Lipinski definition) is 0. The normalized spacial score (nSPS) is 18.3. The first kappa shape index (κ1) is 23.0. The first-order valence-electron chi connectivity index (χ1n) is 12.1. The third-order valence-corrected chi connectivity index (χ3v) is 6.88. The second kappa shape index (κ2) is 8.76. The topological polar surface area (TPSA) is 94.4 Å². The van der Waals surface area contributed by atoms with Gasteiger partial charge in [0.15, 0.2) is 11.5 Å². The monoisotopic (exact) mass is 472 g/mol. The molecule has 0 spiro atoms. The molecule has 1 atom stereocenters. The van der Waals surface area contributed by atoms with Gasteiger partial charge < -0.3 is 4.74 Å². The van der Waals surface area contributed by atoms with Gasteiger partial charge in [-0.2, -0.15) is 10.1 Å². The predicted molar refractivity (Wildman–Crippen MR) is 132 cm³/mol. The van der Waals surface area contributed by atoms with E-state index in [1.54, 1.807) is 16.5 Å². The number of para-hydroxylation sites is 1. The number of esters is 1. The number of carbonyl (C=O) groups is 2. The molecule has 0 N–H and O–H groups in total. The van der Waals surface area contributed by atoms with Gasteiger partial charge in [-0.1, -0.05) is 50.2 Å². The van der Waals surface area contributed by atoms with Crippen molar-refractivity contribution in [1.29, 1.82) is 0 Å². The Morgan fingerprint density at radius 2 is 1.86 bits per heavy atom. The van der Waals surface area contributed by atoms with E-state index in [2.05, 4.69) is 18.8 Å². The first-order chi connectivity index (χ1) is 16.9. The zero-order valence-electron chi connectivity index (χ0n) is 20.2. The summed E-state index contributed by atoms with van der Waals surface area (Å²) < 4.78 is 6.87. The molecule has 2 aliphatic heterocycles. The molecule has 5 rings (SSSR count). The minimum Gasteiger partial charge on any atom is -0.466 e. The van der Waals surface area contributed by atoms with Gasteiger partial charge in [-0.25, -0.2) is 4.68 Å². The highest BCUT2D eigenvalue weighted by atomic mass is 16.5. The quantitative estimate of drug-likeness (QED) is 0.498. The molecule has 0 aliphatic carbocycles. The Bertz CT molecular complexity index is 1360. The molecule has 0 unspecified atom stereocenters. The largest absolute Gasteiger partial charge is 0.466 e. The average molecular weight is 473 g/mol. The molecule has 3 aromatic rings. The van der Waals surface area contributed by atoms with Crippen LogP contribution in [0.25, 0.3) is 22.6 Å². The van der Waals surface area contributed by atoms with Gasteiger partial charge in [0.1, 0.15) is 5.66 Å². The van der Waals surface area contributed by atoms with Crippen LogP contribution >= 0.6 is 0 Å². The van der Waals surface area contributed by atoms with Crippen LogP contribution in [0.15, 0.2) is 53.3 Å². The number of ether oxygens (including phenoxy) is 1. The van der Waals surface area contributed by atoms with Gasteiger partial charge in [0.05, 0.1) is 12.3 Å². The third-order valence-electron chi connectivity index (χ3n) is 6.88. The van der Waals surface area contributed by atoms with Gasteiger partial charge in [0.25, 0.3) is 5.56 Å². The smallest absolute Gasteiger partial charge is 0.305 e. The molecule has 0 saturated carbocycles. The van der Waals surface area contributed by atoms with E-state index in [1.807, 2.05) is 48.5 Å². The number of fused-ring (bicyclic) bond motifs is 6. The summed E-state index contributed by atoms with van der Waals surface area (Å²) in [5.74, 6) is 0.388. The van der Waals surface area contributed by atoms with Gasteiger partial charge in [-0.05, 0) is 30.5 Å². The zero-order chi connectivity index (χ0) is 24.7. The van der Waals surface area contributed by atoms with E-state index in [1.165, 1.54) is 0 Å².